The summed E-state index contributed by atoms with van der Waals surface area (Å²) in [5.41, 5.74) is 6.75. The molecule has 8 rings (SSSR count). The molecular weight excluding hydrogens is 532 g/mol. The number of rotatable bonds is 6. The van der Waals surface area contributed by atoms with Gasteiger partial charge in [0, 0.05) is 33.5 Å². The third-order valence-corrected chi connectivity index (χ3v) is 8.33. The molecule has 0 saturated carbocycles. The fourth-order valence-corrected chi connectivity index (χ4v) is 6.31. The van der Waals surface area contributed by atoms with Crippen LogP contribution in [0.1, 0.15) is 0 Å². The molecule has 44 heavy (non-hydrogen) atoms. The summed E-state index contributed by atoms with van der Waals surface area (Å²) in [6.07, 6.45) is 0. The summed E-state index contributed by atoms with van der Waals surface area (Å²) in [7, 11) is 0. The number of hydrogen-bond acceptors (Lipinski definition) is 2. The Balaban J connectivity index is 1.47. The van der Waals surface area contributed by atoms with Crippen LogP contribution >= 0.6 is 0 Å². The van der Waals surface area contributed by atoms with E-state index >= 15 is 0 Å². The SMILES string of the molecule is c1ccc(N(c2ccccc2)c2ccc(N(c3ccccc3)c3ccccc3)c3cc4cc5ccccc5cc4cc23)cc1. The zero-order valence-electron chi connectivity index (χ0n) is 24.2. The maximum atomic E-state index is 2.38. The van der Waals surface area contributed by atoms with Crippen LogP contribution in [0.5, 0.6) is 0 Å². The summed E-state index contributed by atoms with van der Waals surface area (Å²) in [6, 6.07) is 65.2. The topological polar surface area (TPSA) is 6.48 Å². The summed E-state index contributed by atoms with van der Waals surface area (Å²) >= 11 is 0. The Bertz CT molecular complexity index is 1970. The second-order valence-corrected chi connectivity index (χ2v) is 11.1. The van der Waals surface area contributed by atoms with Crippen molar-refractivity contribution in [3.63, 3.8) is 0 Å². The van der Waals surface area contributed by atoms with E-state index in [0.717, 1.165) is 34.1 Å². The minimum atomic E-state index is 1.12. The van der Waals surface area contributed by atoms with E-state index in [1.165, 1.54) is 32.3 Å². The molecule has 2 nitrogen and oxygen atoms in total. The predicted octanol–water partition coefficient (Wildman–Crippen LogP) is 12.1. The van der Waals surface area contributed by atoms with Crippen LogP contribution in [0.4, 0.5) is 34.1 Å². The lowest BCUT2D eigenvalue weighted by Crippen LogP contribution is -2.13. The fraction of sp³-hybridized carbons (Fsp3) is 0. The lowest BCUT2D eigenvalue weighted by Gasteiger charge is -2.30. The molecule has 8 aromatic carbocycles. The second kappa shape index (κ2) is 11.1. The highest BCUT2D eigenvalue weighted by atomic mass is 15.2. The number of para-hydroxylation sites is 4. The van der Waals surface area contributed by atoms with Crippen molar-refractivity contribution in [2.24, 2.45) is 0 Å². The van der Waals surface area contributed by atoms with Gasteiger partial charge >= 0.3 is 0 Å². The van der Waals surface area contributed by atoms with E-state index in [-0.39, 0.29) is 0 Å². The van der Waals surface area contributed by atoms with Crippen molar-refractivity contribution in [1.29, 1.82) is 0 Å². The highest BCUT2D eigenvalue weighted by Crippen LogP contribution is 2.46. The third-order valence-electron chi connectivity index (χ3n) is 8.33. The van der Waals surface area contributed by atoms with Crippen LogP contribution in [-0.2, 0) is 0 Å². The molecule has 0 amide bonds. The van der Waals surface area contributed by atoms with Gasteiger partial charge in [-0.1, -0.05) is 97.1 Å². The van der Waals surface area contributed by atoms with Crippen molar-refractivity contribution in [1.82, 2.24) is 0 Å². The van der Waals surface area contributed by atoms with Gasteiger partial charge < -0.3 is 9.80 Å². The quantitative estimate of drug-likeness (QED) is 0.186. The molecule has 0 fully saturated rings. The van der Waals surface area contributed by atoms with Gasteiger partial charge in [-0.05, 0) is 106 Å². The standard InChI is InChI=1S/C42H30N2/c1-5-17-35(18-6-1)43(36-19-7-2-8-20-36)41-25-26-42(44(37-21-9-3-10-22-37)38-23-11-4-12-24-38)40-30-34-28-32-16-14-13-15-31(32)27-33(34)29-39(40)41/h1-30H. The summed E-state index contributed by atoms with van der Waals surface area (Å²) < 4.78 is 0. The highest BCUT2D eigenvalue weighted by Gasteiger charge is 2.21. The largest absolute Gasteiger partial charge is 0.310 e. The summed E-state index contributed by atoms with van der Waals surface area (Å²) in [6.45, 7) is 0. The zero-order valence-corrected chi connectivity index (χ0v) is 24.2. The molecule has 0 spiro atoms. The molecule has 0 radical (unpaired) electrons. The Hall–Kier alpha value is -5.86. The van der Waals surface area contributed by atoms with E-state index in [0.29, 0.717) is 0 Å². The summed E-state index contributed by atoms with van der Waals surface area (Å²) in [5, 5.41) is 7.32. The van der Waals surface area contributed by atoms with Gasteiger partial charge in [-0.3, -0.25) is 0 Å². The van der Waals surface area contributed by atoms with Crippen molar-refractivity contribution in [2.75, 3.05) is 9.80 Å². The molecule has 2 heteroatoms. The average molecular weight is 563 g/mol. The average Bonchev–Trinajstić information content (AvgIpc) is 3.09. The molecule has 208 valence electrons. The summed E-state index contributed by atoms with van der Waals surface area (Å²) in [4.78, 5) is 4.74. The fourth-order valence-electron chi connectivity index (χ4n) is 6.31. The van der Waals surface area contributed by atoms with E-state index in [4.69, 9.17) is 0 Å². The van der Waals surface area contributed by atoms with Crippen LogP contribution in [0.3, 0.4) is 0 Å². The van der Waals surface area contributed by atoms with Crippen molar-refractivity contribution in [3.05, 3.63) is 182 Å². The van der Waals surface area contributed by atoms with E-state index < -0.39 is 0 Å². The maximum absolute atomic E-state index is 2.38. The summed E-state index contributed by atoms with van der Waals surface area (Å²) in [5.74, 6) is 0. The lowest BCUT2D eigenvalue weighted by atomic mass is 9.96. The Labute approximate surface area is 257 Å². The molecule has 0 atom stereocenters. The van der Waals surface area contributed by atoms with Crippen LogP contribution in [-0.4, -0.2) is 0 Å². The van der Waals surface area contributed by atoms with Gasteiger partial charge in [0.1, 0.15) is 0 Å². The molecule has 0 aliphatic rings. The van der Waals surface area contributed by atoms with E-state index in [1.807, 2.05) is 0 Å². The first kappa shape index (κ1) is 25.8. The second-order valence-electron chi connectivity index (χ2n) is 11.1. The first-order valence-electron chi connectivity index (χ1n) is 15.0. The van der Waals surface area contributed by atoms with Gasteiger partial charge in [0.15, 0.2) is 0 Å². The predicted molar refractivity (Wildman–Crippen MR) is 188 cm³/mol. The van der Waals surface area contributed by atoms with Crippen LogP contribution in [0, 0.1) is 0 Å². The molecule has 0 unspecified atom stereocenters. The van der Waals surface area contributed by atoms with E-state index in [9.17, 15) is 0 Å². The van der Waals surface area contributed by atoms with Crippen molar-refractivity contribution in [3.8, 4) is 0 Å². The van der Waals surface area contributed by atoms with Crippen molar-refractivity contribution >= 4 is 66.4 Å². The normalized spacial score (nSPS) is 11.2. The molecule has 0 heterocycles. The maximum Gasteiger partial charge on any atom is 0.0541 e. The molecule has 0 N–H and O–H groups in total. The number of fused-ring (bicyclic) bond motifs is 3. The molecule has 0 bridgehead atoms. The van der Waals surface area contributed by atoms with Crippen LogP contribution in [0.25, 0.3) is 32.3 Å². The minimum Gasteiger partial charge on any atom is -0.310 e. The van der Waals surface area contributed by atoms with Crippen LogP contribution in [0.15, 0.2) is 182 Å². The number of anilines is 6. The van der Waals surface area contributed by atoms with Crippen molar-refractivity contribution in [2.45, 2.75) is 0 Å². The Kier molecular flexibility index (Phi) is 6.51. The molecule has 0 aromatic heterocycles. The molecular formula is C42H30N2. The Morgan fingerprint density at radius 1 is 0.250 bits per heavy atom. The Morgan fingerprint density at radius 2 is 0.545 bits per heavy atom. The van der Waals surface area contributed by atoms with Gasteiger partial charge in [0.2, 0.25) is 0 Å². The smallest absolute Gasteiger partial charge is 0.0541 e. The zero-order chi connectivity index (χ0) is 29.3. The number of nitrogens with zero attached hydrogens (tertiary/aromatic N) is 2. The van der Waals surface area contributed by atoms with Crippen LogP contribution < -0.4 is 9.80 Å². The lowest BCUT2D eigenvalue weighted by molar-refractivity contribution is 1.28. The van der Waals surface area contributed by atoms with Gasteiger partial charge in [-0.2, -0.15) is 0 Å². The first-order valence-corrected chi connectivity index (χ1v) is 15.0. The molecule has 8 aromatic rings. The van der Waals surface area contributed by atoms with Crippen molar-refractivity contribution < 1.29 is 0 Å². The van der Waals surface area contributed by atoms with Gasteiger partial charge in [0.25, 0.3) is 0 Å². The van der Waals surface area contributed by atoms with E-state index in [1.54, 1.807) is 0 Å². The third kappa shape index (κ3) is 4.63. The number of benzene rings is 8. The first-order chi connectivity index (χ1) is 21.8. The van der Waals surface area contributed by atoms with Gasteiger partial charge in [-0.15, -0.1) is 0 Å². The van der Waals surface area contributed by atoms with Crippen LogP contribution in [0.2, 0.25) is 0 Å². The monoisotopic (exact) mass is 562 g/mol. The highest BCUT2D eigenvalue weighted by molar-refractivity contribution is 6.14. The number of hydrogen-bond donors (Lipinski definition) is 0. The minimum absolute atomic E-state index is 1.12. The Morgan fingerprint density at radius 3 is 0.864 bits per heavy atom. The van der Waals surface area contributed by atoms with E-state index in [2.05, 4.69) is 192 Å². The molecule has 0 saturated heterocycles. The molecule has 0 aliphatic carbocycles. The molecule has 0 aliphatic heterocycles. The van der Waals surface area contributed by atoms with Gasteiger partial charge in [-0.25, -0.2) is 0 Å². The van der Waals surface area contributed by atoms with Gasteiger partial charge in [0.05, 0.1) is 11.4 Å².